The quantitative estimate of drug-likeness (QED) is 0.399. The second-order valence-electron chi connectivity index (χ2n) is 2.74. The highest BCUT2D eigenvalue weighted by molar-refractivity contribution is 5.67. The Kier molecular flexibility index (Phi) is 5.45. The zero-order chi connectivity index (χ0) is 9.56. The lowest BCUT2D eigenvalue weighted by molar-refractivity contribution is 0.0914. The maximum Gasteiger partial charge on any atom is 0.424 e. The summed E-state index contributed by atoms with van der Waals surface area (Å²) in [5.74, 6) is 5.49. The summed E-state index contributed by atoms with van der Waals surface area (Å²) in [5.41, 5.74) is 0. The maximum atomic E-state index is 11.0. The number of rotatable bonds is 4. The first-order valence-corrected chi connectivity index (χ1v) is 4.34. The van der Waals surface area contributed by atoms with Crippen molar-refractivity contribution in [3.05, 3.63) is 0 Å². The van der Waals surface area contributed by atoms with E-state index in [1.54, 1.807) is 6.92 Å². The molecule has 0 saturated heterocycles. The van der Waals surface area contributed by atoms with Crippen molar-refractivity contribution in [2.75, 3.05) is 6.61 Å². The number of carbonyl (C=O) groups excluding carboxylic acids is 1. The molecule has 0 aromatic carbocycles. The second kappa shape index (κ2) is 5.83. The Labute approximate surface area is 73.6 Å². The van der Waals surface area contributed by atoms with Gasteiger partial charge in [-0.3, -0.25) is 0 Å². The molecule has 0 aliphatic rings. The summed E-state index contributed by atoms with van der Waals surface area (Å²) >= 11 is 0. The Balaban J connectivity index is 3.82. The molecule has 0 fully saturated rings. The summed E-state index contributed by atoms with van der Waals surface area (Å²) in [5, 5.41) is 1.15. The summed E-state index contributed by atoms with van der Waals surface area (Å²) in [6.45, 7) is 6.08. The molecule has 1 atom stereocenters. The molecule has 0 bridgehead atoms. The van der Waals surface area contributed by atoms with Crippen LogP contribution >= 0.6 is 0 Å². The SMILES string of the molecule is CCCC(C)N(N)C(=O)OCC. The molecular formula is C8H18N2O2. The Bertz CT molecular complexity index is 139. The standard InChI is InChI=1S/C8H18N2O2/c1-4-6-7(3)10(9)8(11)12-5-2/h7H,4-6,9H2,1-3H3. The number of ether oxygens (including phenoxy) is 1. The second-order valence-corrected chi connectivity index (χ2v) is 2.74. The van der Waals surface area contributed by atoms with E-state index in [-0.39, 0.29) is 6.04 Å². The third-order valence-electron chi connectivity index (χ3n) is 1.66. The molecule has 0 radical (unpaired) electrons. The number of nitrogens with two attached hydrogens (primary N) is 1. The summed E-state index contributed by atoms with van der Waals surface area (Å²) in [4.78, 5) is 11.0. The fourth-order valence-corrected chi connectivity index (χ4v) is 0.935. The van der Waals surface area contributed by atoms with Crippen LogP contribution in [0.15, 0.2) is 0 Å². The van der Waals surface area contributed by atoms with Crippen LogP contribution in [0.1, 0.15) is 33.6 Å². The highest BCUT2D eigenvalue weighted by atomic mass is 16.6. The molecule has 0 heterocycles. The lowest BCUT2D eigenvalue weighted by Gasteiger charge is -2.22. The van der Waals surface area contributed by atoms with E-state index in [4.69, 9.17) is 10.6 Å². The molecule has 4 heteroatoms. The Morgan fingerprint density at radius 3 is 2.58 bits per heavy atom. The Morgan fingerprint density at radius 2 is 2.17 bits per heavy atom. The van der Waals surface area contributed by atoms with Gasteiger partial charge in [0, 0.05) is 6.04 Å². The summed E-state index contributed by atoms with van der Waals surface area (Å²) < 4.78 is 4.73. The average molecular weight is 174 g/mol. The van der Waals surface area contributed by atoms with Crippen LogP contribution in [0.4, 0.5) is 4.79 Å². The third-order valence-corrected chi connectivity index (χ3v) is 1.66. The van der Waals surface area contributed by atoms with Gasteiger partial charge in [0.25, 0.3) is 0 Å². The van der Waals surface area contributed by atoms with Gasteiger partial charge in [-0.15, -0.1) is 0 Å². The van der Waals surface area contributed by atoms with Gasteiger partial charge in [-0.25, -0.2) is 15.6 Å². The van der Waals surface area contributed by atoms with Crippen molar-refractivity contribution in [1.29, 1.82) is 0 Å². The van der Waals surface area contributed by atoms with Crippen LogP contribution in [-0.4, -0.2) is 23.8 Å². The Morgan fingerprint density at radius 1 is 1.58 bits per heavy atom. The van der Waals surface area contributed by atoms with Crippen molar-refractivity contribution in [2.45, 2.75) is 39.7 Å². The van der Waals surface area contributed by atoms with Crippen LogP contribution in [-0.2, 0) is 4.74 Å². The predicted molar refractivity (Wildman–Crippen MR) is 47.4 cm³/mol. The molecular weight excluding hydrogens is 156 g/mol. The van der Waals surface area contributed by atoms with Crippen molar-refractivity contribution in [3.63, 3.8) is 0 Å². The first-order valence-electron chi connectivity index (χ1n) is 4.34. The van der Waals surface area contributed by atoms with Crippen molar-refractivity contribution in [2.24, 2.45) is 5.84 Å². The lowest BCUT2D eigenvalue weighted by Crippen LogP contribution is -2.44. The fourth-order valence-electron chi connectivity index (χ4n) is 0.935. The highest BCUT2D eigenvalue weighted by Crippen LogP contribution is 2.03. The van der Waals surface area contributed by atoms with Gasteiger partial charge in [-0.2, -0.15) is 0 Å². The van der Waals surface area contributed by atoms with E-state index in [9.17, 15) is 4.79 Å². The molecule has 2 N–H and O–H groups in total. The average Bonchev–Trinajstić information content (AvgIpc) is 2.04. The monoisotopic (exact) mass is 174 g/mol. The molecule has 0 aliphatic heterocycles. The molecule has 1 amide bonds. The molecule has 0 aliphatic carbocycles. The number of hydrazine groups is 1. The van der Waals surface area contributed by atoms with Crippen LogP contribution in [0.2, 0.25) is 0 Å². The third kappa shape index (κ3) is 3.57. The number of hydrogen-bond donors (Lipinski definition) is 1. The molecule has 0 aromatic heterocycles. The van der Waals surface area contributed by atoms with Gasteiger partial charge < -0.3 is 4.74 Å². The van der Waals surface area contributed by atoms with Crippen LogP contribution < -0.4 is 5.84 Å². The van der Waals surface area contributed by atoms with E-state index in [0.717, 1.165) is 17.9 Å². The highest BCUT2D eigenvalue weighted by Gasteiger charge is 2.15. The van der Waals surface area contributed by atoms with Gasteiger partial charge >= 0.3 is 6.09 Å². The van der Waals surface area contributed by atoms with Crippen molar-refractivity contribution >= 4 is 6.09 Å². The zero-order valence-electron chi connectivity index (χ0n) is 8.04. The number of amides is 1. The molecule has 0 saturated carbocycles. The molecule has 0 rings (SSSR count). The number of hydrogen-bond acceptors (Lipinski definition) is 3. The number of carbonyl (C=O) groups is 1. The van der Waals surface area contributed by atoms with E-state index in [0.29, 0.717) is 6.61 Å². The molecule has 72 valence electrons. The first kappa shape index (κ1) is 11.2. The smallest absolute Gasteiger partial charge is 0.424 e. The largest absolute Gasteiger partial charge is 0.449 e. The van der Waals surface area contributed by atoms with Gasteiger partial charge in [-0.05, 0) is 20.3 Å². The lowest BCUT2D eigenvalue weighted by atomic mass is 10.2. The fraction of sp³-hybridized carbons (Fsp3) is 0.875. The topological polar surface area (TPSA) is 55.6 Å². The number of nitrogens with zero attached hydrogens (tertiary/aromatic N) is 1. The molecule has 0 aromatic rings. The maximum absolute atomic E-state index is 11.0. The molecule has 12 heavy (non-hydrogen) atoms. The van der Waals surface area contributed by atoms with Gasteiger partial charge in [0.05, 0.1) is 6.61 Å². The van der Waals surface area contributed by atoms with Crippen LogP contribution in [0.3, 0.4) is 0 Å². The zero-order valence-corrected chi connectivity index (χ0v) is 8.04. The van der Waals surface area contributed by atoms with Crippen LogP contribution in [0.5, 0.6) is 0 Å². The predicted octanol–water partition coefficient (Wildman–Crippen LogP) is 1.51. The first-order chi connectivity index (χ1) is 5.63. The van der Waals surface area contributed by atoms with E-state index < -0.39 is 6.09 Å². The molecule has 4 nitrogen and oxygen atoms in total. The minimum Gasteiger partial charge on any atom is -0.449 e. The minimum absolute atomic E-state index is 0.0500. The summed E-state index contributed by atoms with van der Waals surface area (Å²) in [6.07, 6.45) is 1.46. The van der Waals surface area contributed by atoms with Gasteiger partial charge in [0.2, 0.25) is 0 Å². The van der Waals surface area contributed by atoms with Crippen molar-refractivity contribution < 1.29 is 9.53 Å². The molecule has 1 unspecified atom stereocenters. The van der Waals surface area contributed by atoms with Gasteiger partial charge in [-0.1, -0.05) is 13.3 Å². The summed E-state index contributed by atoms with van der Waals surface area (Å²) in [6, 6.07) is 0.0500. The normalized spacial score (nSPS) is 12.3. The van der Waals surface area contributed by atoms with Crippen molar-refractivity contribution in [1.82, 2.24) is 5.01 Å². The van der Waals surface area contributed by atoms with E-state index in [1.807, 2.05) is 6.92 Å². The van der Waals surface area contributed by atoms with Gasteiger partial charge in [0.15, 0.2) is 0 Å². The van der Waals surface area contributed by atoms with E-state index in [1.165, 1.54) is 0 Å². The van der Waals surface area contributed by atoms with Gasteiger partial charge in [0.1, 0.15) is 0 Å². The van der Waals surface area contributed by atoms with Crippen LogP contribution in [0.25, 0.3) is 0 Å². The van der Waals surface area contributed by atoms with Crippen molar-refractivity contribution in [3.8, 4) is 0 Å². The van der Waals surface area contributed by atoms with E-state index in [2.05, 4.69) is 6.92 Å². The van der Waals surface area contributed by atoms with E-state index >= 15 is 0 Å². The van der Waals surface area contributed by atoms with Crippen LogP contribution in [0, 0.1) is 0 Å². The minimum atomic E-state index is -0.446. The Hall–Kier alpha value is -0.770. The molecule has 0 spiro atoms. The summed E-state index contributed by atoms with van der Waals surface area (Å²) in [7, 11) is 0.